The second-order valence-corrected chi connectivity index (χ2v) is 8.68. The molecule has 1 aliphatic heterocycles. The Morgan fingerprint density at radius 1 is 1.06 bits per heavy atom. The van der Waals surface area contributed by atoms with Crippen LogP contribution >= 0.6 is 11.7 Å². The number of anilines is 2. The lowest BCUT2D eigenvalue weighted by atomic mass is 10.0. The minimum absolute atomic E-state index is 0.259. The highest BCUT2D eigenvalue weighted by molar-refractivity contribution is 7.00. The smallest absolute Gasteiger partial charge is 0.307 e. The molecule has 0 spiro atoms. The molecular weight excluding hydrogens is 422 g/mol. The number of carbonyl (C=O) groups excluding carboxylic acids is 1. The molecule has 0 radical (unpaired) electrons. The highest BCUT2D eigenvalue weighted by Crippen LogP contribution is 2.27. The average Bonchev–Trinajstić information content (AvgIpc) is 3.45. The maximum Gasteiger partial charge on any atom is 0.324 e. The van der Waals surface area contributed by atoms with Crippen molar-refractivity contribution >= 4 is 40.3 Å². The van der Waals surface area contributed by atoms with Gasteiger partial charge in [-0.2, -0.15) is 13.8 Å². The van der Waals surface area contributed by atoms with Gasteiger partial charge in [-0.3, -0.25) is 10.2 Å². The first kappa shape index (κ1) is 20.6. The zero-order valence-corrected chi connectivity index (χ0v) is 18.7. The van der Waals surface area contributed by atoms with Crippen LogP contribution < -0.4 is 10.6 Å². The van der Waals surface area contributed by atoms with Crippen LogP contribution in [0.25, 0.3) is 11.0 Å². The molecule has 2 aromatic heterocycles. The summed E-state index contributed by atoms with van der Waals surface area (Å²) in [6.07, 6.45) is 3.71. The fourth-order valence-electron chi connectivity index (χ4n) is 4.19. The fraction of sp³-hybridized carbons (Fsp3) is 0.304. The van der Waals surface area contributed by atoms with Gasteiger partial charge in [-0.25, -0.2) is 9.48 Å². The number of aryl methyl sites for hydroxylation is 1. The summed E-state index contributed by atoms with van der Waals surface area (Å²) in [5, 5.41) is 10.4. The molecule has 32 heavy (non-hydrogen) atoms. The Hall–Kier alpha value is -3.30. The summed E-state index contributed by atoms with van der Waals surface area (Å²) in [5.41, 5.74) is 5.02. The number of hydrogen-bond acceptors (Lipinski definition) is 6. The van der Waals surface area contributed by atoms with Crippen molar-refractivity contribution < 1.29 is 4.79 Å². The van der Waals surface area contributed by atoms with Gasteiger partial charge in [0.25, 0.3) is 0 Å². The minimum Gasteiger partial charge on any atom is -0.307 e. The lowest BCUT2D eigenvalue weighted by molar-refractivity contribution is 0.174. The number of hydrogen-bond donors (Lipinski definition) is 2. The first-order valence-corrected chi connectivity index (χ1v) is 11.5. The van der Waals surface area contributed by atoms with Crippen LogP contribution in [0.2, 0.25) is 0 Å². The van der Waals surface area contributed by atoms with Crippen molar-refractivity contribution in [1.82, 2.24) is 23.4 Å². The van der Waals surface area contributed by atoms with E-state index in [4.69, 9.17) is 0 Å². The lowest BCUT2D eigenvalue weighted by Gasteiger charge is -2.32. The Balaban J connectivity index is 1.18. The standard InChI is InChI=1S/C23H25N7OS/c1-16-4-2-3-5-19(16)25-23(31)26-22-8-11-24-30(22)18-9-12-29(13-10-18)15-17-6-7-20-21(14-17)28-32-27-20/h2-8,11,14,18H,9-10,12-13,15H2,1H3,(H2,25,26,31). The van der Waals surface area contributed by atoms with E-state index < -0.39 is 0 Å². The van der Waals surface area contributed by atoms with Crippen LogP contribution in [0, 0.1) is 6.92 Å². The van der Waals surface area contributed by atoms with Crippen LogP contribution in [0.1, 0.15) is 30.0 Å². The number of fused-ring (bicyclic) bond motifs is 1. The number of para-hydroxylation sites is 1. The van der Waals surface area contributed by atoms with Crippen molar-refractivity contribution in [1.29, 1.82) is 0 Å². The first-order chi connectivity index (χ1) is 15.7. The second kappa shape index (κ2) is 9.05. The third kappa shape index (κ3) is 4.49. The van der Waals surface area contributed by atoms with Gasteiger partial charge in [-0.1, -0.05) is 24.3 Å². The van der Waals surface area contributed by atoms with Crippen LogP contribution in [0.3, 0.4) is 0 Å². The van der Waals surface area contributed by atoms with Crippen molar-refractivity contribution in [2.75, 3.05) is 23.7 Å². The number of carbonyl (C=O) groups is 1. The normalized spacial score (nSPS) is 15.2. The molecule has 0 saturated carbocycles. The van der Waals surface area contributed by atoms with Gasteiger partial charge < -0.3 is 5.32 Å². The monoisotopic (exact) mass is 447 g/mol. The van der Waals surface area contributed by atoms with E-state index in [1.807, 2.05) is 48.0 Å². The Bertz CT molecular complexity index is 1230. The Morgan fingerprint density at radius 2 is 1.88 bits per heavy atom. The predicted octanol–water partition coefficient (Wildman–Crippen LogP) is 4.68. The topological polar surface area (TPSA) is 88.0 Å². The molecular formula is C23H25N7OS. The molecule has 1 aliphatic rings. The largest absolute Gasteiger partial charge is 0.324 e. The summed E-state index contributed by atoms with van der Waals surface area (Å²) in [6.45, 7) is 4.84. The molecule has 3 heterocycles. The Morgan fingerprint density at radius 3 is 2.72 bits per heavy atom. The van der Waals surface area contributed by atoms with E-state index in [0.717, 1.165) is 60.6 Å². The molecule has 2 N–H and O–H groups in total. The molecule has 0 aliphatic carbocycles. The van der Waals surface area contributed by atoms with E-state index in [2.05, 4.69) is 41.5 Å². The quantitative estimate of drug-likeness (QED) is 0.464. The minimum atomic E-state index is -0.259. The molecule has 1 fully saturated rings. The number of likely N-dealkylation sites (tertiary alicyclic amines) is 1. The molecule has 0 unspecified atom stereocenters. The van der Waals surface area contributed by atoms with Gasteiger partial charge in [0.1, 0.15) is 16.9 Å². The summed E-state index contributed by atoms with van der Waals surface area (Å²) in [4.78, 5) is 15.0. The number of piperidine rings is 1. The fourth-order valence-corrected chi connectivity index (χ4v) is 4.71. The number of rotatable bonds is 5. The second-order valence-electron chi connectivity index (χ2n) is 8.15. The average molecular weight is 448 g/mol. The molecule has 5 rings (SSSR count). The van der Waals surface area contributed by atoms with Gasteiger partial charge in [0, 0.05) is 31.4 Å². The molecule has 9 heteroatoms. The number of nitrogens with zero attached hydrogens (tertiary/aromatic N) is 5. The highest BCUT2D eigenvalue weighted by atomic mass is 32.1. The number of urea groups is 1. The van der Waals surface area contributed by atoms with Crippen molar-refractivity contribution in [3.8, 4) is 0 Å². The molecule has 2 aromatic carbocycles. The van der Waals surface area contributed by atoms with Gasteiger partial charge in [0.2, 0.25) is 0 Å². The van der Waals surface area contributed by atoms with E-state index in [1.54, 1.807) is 6.20 Å². The summed E-state index contributed by atoms with van der Waals surface area (Å²) < 4.78 is 10.6. The van der Waals surface area contributed by atoms with Crippen molar-refractivity contribution in [2.45, 2.75) is 32.4 Å². The van der Waals surface area contributed by atoms with E-state index in [0.29, 0.717) is 0 Å². The zero-order valence-electron chi connectivity index (χ0n) is 17.9. The van der Waals surface area contributed by atoms with E-state index in [1.165, 1.54) is 17.3 Å². The van der Waals surface area contributed by atoms with E-state index in [-0.39, 0.29) is 12.1 Å². The maximum atomic E-state index is 12.5. The third-order valence-corrected chi connectivity index (χ3v) is 6.49. The summed E-state index contributed by atoms with van der Waals surface area (Å²) in [6, 6.07) is 15.9. The molecule has 0 bridgehead atoms. The number of aromatic nitrogens is 4. The van der Waals surface area contributed by atoms with E-state index >= 15 is 0 Å². The summed E-state index contributed by atoms with van der Waals surface area (Å²) in [5.74, 6) is 0.719. The van der Waals surface area contributed by atoms with Crippen molar-refractivity contribution in [2.24, 2.45) is 0 Å². The summed E-state index contributed by atoms with van der Waals surface area (Å²) >= 11 is 1.26. The Kier molecular flexibility index (Phi) is 5.83. The van der Waals surface area contributed by atoms with Gasteiger partial charge in [0.05, 0.1) is 24.0 Å². The Labute approximate surface area is 190 Å². The first-order valence-electron chi connectivity index (χ1n) is 10.8. The predicted molar refractivity (Wildman–Crippen MR) is 127 cm³/mol. The van der Waals surface area contributed by atoms with Gasteiger partial charge >= 0.3 is 6.03 Å². The van der Waals surface area contributed by atoms with Crippen LogP contribution in [0.5, 0.6) is 0 Å². The molecule has 164 valence electrons. The van der Waals surface area contributed by atoms with Gasteiger partial charge in [-0.15, -0.1) is 0 Å². The van der Waals surface area contributed by atoms with Gasteiger partial charge in [0.15, 0.2) is 0 Å². The lowest BCUT2D eigenvalue weighted by Crippen LogP contribution is -2.35. The number of amides is 2. The SMILES string of the molecule is Cc1ccccc1NC(=O)Nc1ccnn1C1CCN(Cc2ccc3nsnc3c2)CC1. The maximum absolute atomic E-state index is 12.5. The molecule has 4 aromatic rings. The van der Waals surface area contributed by atoms with Crippen LogP contribution in [-0.4, -0.2) is 42.5 Å². The zero-order chi connectivity index (χ0) is 21.9. The number of nitrogens with one attached hydrogen (secondary N) is 2. The van der Waals surface area contributed by atoms with Crippen LogP contribution in [-0.2, 0) is 6.54 Å². The number of benzene rings is 2. The van der Waals surface area contributed by atoms with Crippen LogP contribution in [0.15, 0.2) is 54.7 Å². The summed E-state index contributed by atoms with van der Waals surface area (Å²) in [7, 11) is 0. The molecule has 0 atom stereocenters. The van der Waals surface area contributed by atoms with Crippen LogP contribution in [0.4, 0.5) is 16.3 Å². The third-order valence-electron chi connectivity index (χ3n) is 5.93. The molecule has 2 amide bonds. The molecule has 8 nitrogen and oxygen atoms in total. The van der Waals surface area contributed by atoms with E-state index in [9.17, 15) is 4.79 Å². The molecule has 1 saturated heterocycles. The van der Waals surface area contributed by atoms with Crippen molar-refractivity contribution in [3.05, 3.63) is 65.9 Å². The highest BCUT2D eigenvalue weighted by Gasteiger charge is 2.23. The van der Waals surface area contributed by atoms with Crippen molar-refractivity contribution in [3.63, 3.8) is 0 Å². The van der Waals surface area contributed by atoms with Gasteiger partial charge in [-0.05, 0) is 49.1 Å².